The summed E-state index contributed by atoms with van der Waals surface area (Å²) < 4.78 is 5.25. The highest BCUT2D eigenvalue weighted by Gasteiger charge is 2.28. The first-order chi connectivity index (χ1) is 9.41. The number of amides is 1. The Morgan fingerprint density at radius 2 is 2.20 bits per heavy atom. The summed E-state index contributed by atoms with van der Waals surface area (Å²) in [6.07, 6.45) is 0. The third kappa shape index (κ3) is 2.87. The van der Waals surface area contributed by atoms with Crippen LogP contribution < -0.4 is 0 Å². The fraction of sp³-hybridized carbons (Fsp3) is 0.417. The first kappa shape index (κ1) is 15.0. The maximum absolute atomic E-state index is 12.5. The minimum Gasteiger partial charge on any atom is -0.377 e. The van der Waals surface area contributed by atoms with Gasteiger partial charge < -0.3 is 9.64 Å². The number of hydrogen-bond acceptors (Lipinski definition) is 4. The Morgan fingerprint density at radius 1 is 1.50 bits per heavy atom. The highest BCUT2D eigenvalue weighted by atomic mass is 35.5. The van der Waals surface area contributed by atoms with Crippen LogP contribution in [0.15, 0.2) is 12.1 Å². The molecule has 1 fully saturated rings. The molecule has 0 bridgehead atoms. The van der Waals surface area contributed by atoms with Crippen molar-refractivity contribution in [3.63, 3.8) is 0 Å². The number of nitro groups is 1. The zero-order chi connectivity index (χ0) is 14.9. The second-order valence-corrected chi connectivity index (χ2v) is 5.25. The van der Waals surface area contributed by atoms with Gasteiger partial charge in [0.2, 0.25) is 0 Å². The zero-order valence-corrected chi connectivity index (χ0v) is 12.1. The second kappa shape index (κ2) is 5.95. The van der Waals surface area contributed by atoms with Gasteiger partial charge in [-0.25, -0.2) is 0 Å². The Morgan fingerprint density at radius 3 is 2.80 bits per heavy atom. The summed E-state index contributed by atoms with van der Waals surface area (Å²) in [5.74, 6) is -0.378. The van der Waals surface area contributed by atoms with Crippen LogP contribution in [-0.4, -0.2) is 41.5 Å². The van der Waals surface area contributed by atoms with Crippen molar-refractivity contribution in [1.82, 2.24) is 4.90 Å². The minimum absolute atomic E-state index is 0.00914. The first-order valence-electron chi connectivity index (χ1n) is 5.94. The van der Waals surface area contributed by atoms with E-state index in [4.69, 9.17) is 27.9 Å². The van der Waals surface area contributed by atoms with Crippen LogP contribution in [0.2, 0.25) is 10.0 Å². The number of nitrogens with zero attached hydrogens (tertiary/aromatic N) is 2. The van der Waals surface area contributed by atoms with Gasteiger partial charge in [0.1, 0.15) is 0 Å². The third-order valence-electron chi connectivity index (χ3n) is 3.08. The van der Waals surface area contributed by atoms with Crippen LogP contribution in [0.3, 0.4) is 0 Å². The summed E-state index contributed by atoms with van der Waals surface area (Å²) in [6.45, 7) is 3.10. The number of nitro benzene ring substituents is 1. The van der Waals surface area contributed by atoms with E-state index in [2.05, 4.69) is 0 Å². The van der Waals surface area contributed by atoms with E-state index in [-0.39, 0.29) is 33.2 Å². The second-order valence-electron chi connectivity index (χ2n) is 4.47. The number of hydrogen-bond donors (Lipinski definition) is 0. The molecule has 1 aromatic rings. The number of carbonyl (C=O) groups is 1. The van der Waals surface area contributed by atoms with Gasteiger partial charge in [0.05, 0.1) is 39.8 Å². The molecule has 1 atom stereocenters. The van der Waals surface area contributed by atoms with Crippen molar-refractivity contribution in [2.45, 2.75) is 13.0 Å². The van der Waals surface area contributed by atoms with E-state index in [9.17, 15) is 14.9 Å². The van der Waals surface area contributed by atoms with Crippen molar-refractivity contribution < 1.29 is 14.5 Å². The standard InChI is InChI=1S/C12H12Cl2N2O4/c1-7-6-20-3-2-15(7)12(17)9-4-8(16(18)19)5-10(13)11(9)14/h4-5,7H,2-3,6H2,1H3/t7-/m1/s1. The summed E-state index contributed by atoms with van der Waals surface area (Å²) >= 11 is 11.8. The van der Waals surface area contributed by atoms with Crippen molar-refractivity contribution in [2.24, 2.45) is 0 Å². The summed E-state index contributed by atoms with van der Waals surface area (Å²) in [6, 6.07) is 2.16. The van der Waals surface area contributed by atoms with E-state index in [1.54, 1.807) is 4.90 Å². The molecule has 1 amide bonds. The van der Waals surface area contributed by atoms with Crippen molar-refractivity contribution in [3.8, 4) is 0 Å². The number of ether oxygens (including phenoxy) is 1. The Balaban J connectivity index is 2.40. The van der Waals surface area contributed by atoms with E-state index in [0.29, 0.717) is 19.8 Å². The van der Waals surface area contributed by atoms with Gasteiger partial charge in [0.25, 0.3) is 11.6 Å². The molecule has 1 aliphatic heterocycles. The van der Waals surface area contributed by atoms with E-state index >= 15 is 0 Å². The van der Waals surface area contributed by atoms with Gasteiger partial charge in [-0.05, 0) is 6.92 Å². The first-order valence-corrected chi connectivity index (χ1v) is 6.69. The number of rotatable bonds is 2. The molecule has 0 spiro atoms. The van der Waals surface area contributed by atoms with Gasteiger partial charge in [-0.3, -0.25) is 14.9 Å². The SMILES string of the molecule is C[C@@H]1COCCN1C(=O)c1cc([N+](=O)[O-])cc(Cl)c1Cl. The predicted octanol–water partition coefficient (Wildman–Crippen LogP) is 2.76. The van der Waals surface area contributed by atoms with E-state index in [1.165, 1.54) is 0 Å². The molecule has 0 saturated carbocycles. The average Bonchev–Trinajstić information content (AvgIpc) is 2.41. The van der Waals surface area contributed by atoms with Gasteiger partial charge in [-0.2, -0.15) is 0 Å². The smallest absolute Gasteiger partial charge is 0.271 e. The molecule has 2 rings (SSSR count). The number of carbonyl (C=O) groups excluding carboxylic acids is 1. The highest BCUT2D eigenvalue weighted by Crippen LogP contribution is 2.32. The van der Waals surface area contributed by atoms with Crippen LogP contribution in [0.5, 0.6) is 0 Å². The van der Waals surface area contributed by atoms with Crippen LogP contribution in [0.4, 0.5) is 5.69 Å². The van der Waals surface area contributed by atoms with Gasteiger partial charge in [0.15, 0.2) is 0 Å². The molecule has 8 heteroatoms. The fourth-order valence-corrected chi connectivity index (χ4v) is 2.42. The molecular weight excluding hydrogens is 307 g/mol. The minimum atomic E-state index is -0.609. The zero-order valence-electron chi connectivity index (χ0n) is 10.6. The molecule has 1 aliphatic rings. The maximum Gasteiger partial charge on any atom is 0.271 e. The normalized spacial score (nSPS) is 18.9. The van der Waals surface area contributed by atoms with Crippen LogP contribution >= 0.6 is 23.2 Å². The largest absolute Gasteiger partial charge is 0.377 e. The molecule has 1 saturated heterocycles. The van der Waals surface area contributed by atoms with E-state index in [0.717, 1.165) is 12.1 Å². The fourth-order valence-electron chi connectivity index (χ4n) is 2.02. The Hall–Kier alpha value is -1.37. The number of halogens is 2. The lowest BCUT2D eigenvalue weighted by Gasteiger charge is -2.33. The number of benzene rings is 1. The van der Waals surface area contributed by atoms with Gasteiger partial charge in [-0.1, -0.05) is 23.2 Å². The van der Waals surface area contributed by atoms with Crippen LogP contribution in [0, 0.1) is 10.1 Å². The third-order valence-corrected chi connectivity index (χ3v) is 3.88. The Kier molecular flexibility index (Phi) is 4.47. The predicted molar refractivity (Wildman–Crippen MR) is 74.4 cm³/mol. The summed E-state index contributed by atoms with van der Waals surface area (Å²) in [4.78, 5) is 24.3. The Bertz CT molecular complexity index is 565. The van der Waals surface area contributed by atoms with Crippen molar-refractivity contribution in [1.29, 1.82) is 0 Å². The molecule has 1 aromatic carbocycles. The lowest BCUT2D eigenvalue weighted by atomic mass is 10.1. The van der Waals surface area contributed by atoms with Crippen LogP contribution in [0.1, 0.15) is 17.3 Å². The molecular formula is C12H12Cl2N2O4. The van der Waals surface area contributed by atoms with Crippen LogP contribution in [0.25, 0.3) is 0 Å². The lowest BCUT2D eigenvalue weighted by molar-refractivity contribution is -0.384. The summed E-state index contributed by atoms with van der Waals surface area (Å²) in [7, 11) is 0. The van der Waals surface area contributed by atoms with Crippen molar-refractivity contribution >= 4 is 34.8 Å². The van der Waals surface area contributed by atoms with Crippen LogP contribution in [-0.2, 0) is 4.74 Å². The molecule has 0 unspecified atom stereocenters. The lowest BCUT2D eigenvalue weighted by Crippen LogP contribution is -2.47. The topological polar surface area (TPSA) is 72.7 Å². The molecule has 108 valence electrons. The number of non-ortho nitro benzene ring substituents is 1. The maximum atomic E-state index is 12.5. The summed E-state index contributed by atoms with van der Waals surface area (Å²) in [5, 5.41) is 10.9. The average molecular weight is 319 g/mol. The van der Waals surface area contributed by atoms with Gasteiger partial charge in [-0.15, -0.1) is 0 Å². The molecule has 0 radical (unpaired) electrons. The number of morpholine rings is 1. The van der Waals surface area contributed by atoms with Gasteiger partial charge >= 0.3 is 0 Å². The quantitative estimate of drug-likeness (QED) is 0.621. The molecule has 0 aliphatic carbocycles. The van der Waals surface area contributed by atoms with E-state index < -0.39 is 4.92 Å². The molecule has 0 aromatic heterocycles. The van der Waals surface area contributed by atoms with Crippen molar-refractivity contribution in [3.05, 3.63) is 37.9 Å². The molecule has 20 heavy (non-hydrogen) atoms. The molecule has 0 N–H and O–H groups in total. The highest BCUT2D eigenvalue weighted by molar-refractivity contribution is 6.44. The molecule has 6 nitrogen and oxygen atoms in total. The molecule has 1 heterocycles. The summed E-state index contributed by atoms with van der Waals surface area (Å²) in [5.41, 5.74) is -0.219. The van der Waals surface area contributed by atoms with Gasteiger partial charge in [0, 0.05) is 18.7 Å². The van der Waals surface area contributed by atoms with Crippen molar-refractivity contribution in [2.75, 3.05) is 19.8 Å². The van der Waals surface area contributed by atoms with E-state index in [1.807, 2.05) is 6.92 Å². The Labute approximate surface area is 125 Å². The monoisotopic (exact) mass is 318 g/mol.